The van der Waals surface area contributed by atoms with Crippen LogP contribution in [0.1, 0.15) is 51.0 Å². The number of hydrogen-bond acceptors (Lipinski definition) is 4. The normalized spacial score (nSPS) is 20.9. The molecule has 1 atom stereocenters. The van der Waals surface area contributed by atoms with Gasteiger partial charge < -0.3 is 15.5 Å². The molecule has 1 aliphatic carbocycles. The third kappa shape index (κ3) is 6.20. The molecular formula is C22H34N4O3S. The Morgan fingerprint density at radius 1 is 1.13 bits per heavy atom. The van der Waals surface area contributed by atoms with Gasteiger partial charge in [0, 0.05) is 37.8 Å². The number of carbonyl (C=O) groups excluding carboxylic acids is 1. The molecule has 0 aromatic heterocycles. The first kappa shape index (κ1) is 22.6. The molecule has 1 saturated heterocycles. The van der Waals surface area contributed by atoms with E-state index in [0.29, 0.717) is 17.3 Å². The molecule has 0 spiro atoms. The fraction of sp³-hybridized carbons (Fsp3) is 0.636. The third-order valence-electron chi connectivity index (χ3n) is 5.91. The van der Waals surface area contributed by atoms with Crippen molar-refractivity contribution in [2.24, 2.45) is 10.9 Å². The number of amides is 1. The van der Waals surface area contributed by atoms with E-state index in [4.69, 9.17) is 0 Å². The SMILES string of the molecule is CCNC(=NCc1ccc(S(C)(=O)=O)cc1)NC1CCN(C(=O)C2CCCCC2)C1. The molecule has 3 rings (SSSR count). The lowest BCUT2D eigenvalue weighted by molar-refractivity contribution is -0.135. The molecule has 1 amide bonds. The summed E-state index contributed by atoms with van der Waals surface area (Å²) in [4.78, 5) is 19.7. The van der Waals surface area contributed by atoms with Crippen LogP contribution in [0.15, 0.2) is 34.2 Å². The van der Waals surface area contributed by atoms with Crippen LogP contribution < -0.4 is 10.6 Å². The largest absolute Gasteiger partial charge is 0.357 e. The molecule has 2 N–H and O–H groups in total. The summed E-state index contributed by atoms with van der Waals surface area (Å²) >= 11 is 0. The van der Waals surface area contributed by atoms with Gasteiger partial charge in [-0.1, -0.05) is 31.4 Å². The highest BCUT2D eigenvalue weighted by Gasteiger charge is 2.31. The molecule has 7 nitrogen and oxygen atoms in total. The average Bonchev–Trinajstić information content (AvgIpc) is 3.20. The highest BCUT2D eigenvalue weighted by Crippen LogP contribution is 2.26. The first-order valence-electron chi connectivity index (χ1n) is 11.0. The van der Waals surface area contributed by atoms with Gasteiger partial charge in [0.2, 0.25) is 5.91 Å². The standard InChI is InChI=1S/C22H34N4O3S/c1-3-23-22(24-15-17-9-11-20(12-10-17)30(2,28)29)25-19-13-14-26(16-19)21(27)18-7-5-4-6-8-18/h9-12,18-19H,3-8,13-16H2,1-2H3,(H2,23,24,25). The molecule has 166 valence electrons. The van der Waals surface area contributed by atoms with Crippen molar-refractivity contribution in [1.82, 2.24) is 15.5 Å². The van der Waals surface area contributed by atoms with Crippen LogP contribution in [-0.2, 0) is 21.2 Å². The van der Waals surface area contributed by atoms with Crippen molar-refractivity contribution >= 4 is 21.7 Å². The van der Waals surface area contributed by atoms with Gasteiger partial charge >= 0.3 is 0 Å². The second kappa shape index (κ2) is 10.3. The van der Waals surface area contributed by atoms with E-state index in [-0.39, 0.29) is 12.0 Å². The van der Waals surface area contributed by atoms with Crippen LogP contribution in [-0.4, -0.2) is 57.1 Å². The van der Waals surface area contributed by atoms with Gasteiger partial charge in [-0.05, 0) is 43.9 Å². The van der Waals surface area contributed by atoms with Gasteiger partial charge in [-0.2, -0.15) is 0 Å². The summed E-state index contributed by atoms with van der Waals surface area (Å²) in [7, 11) is -3.19. The number of likely N-dealkylation sites (tertiary alicyclic amines) is 1. The molecule has 1 heterocycles. The zero-order chi connectivity index (χ0) is 21.6. The van der Waals surface area contributed by atoms with Crippen LogP contribution in [0.25, 0.3) is 0 Å². The van der Waals surface area contributed by atoms with Crippen molar-refractivity contribution in [1.29, 1.82) is 0 Å². The van der Waals surface area contributed by atoms with Gasteiger partial charge in [0.1, 0.15) is 0 Å². The summed E-state index contributed by atoms with van der Waals surface area (Å²) in [5.74, 6) is 1.27. The van der Waals surface area contributed by atoms with E-state index < -0.39 is 9.84 Å². The maximum Gasteiger partial charge on any atom is 0.225 e. The number of benzene rings is 1. The van der Waals surface area contributed by atoms with Crippen LogP contribution >= 0.6 is 0 Å². The first-order chi connectivity index (χ1) is 14.4. The Labute approximate surface area is 180 Å². The molecule has 2 aliphatic rings. The lowest BCUT2D eigenvalue weighted by Gasteiger charge is -2.26. The number of hydrogen-bond donors (Lipinski definition) is 2. The number of carbonyl (C=O) groups is 1. The minimum atomic E-state index is -3.19. The summed E-state index contributed by atoms with van der Waals surface area (Å²) < 4.78 is 23.2. The molecule has 0 radical (unpaired) electrons. The average molecular weight is 435 g/mol. The van der Waals surface area contributed by atoms with Crippen molar-refractivity contribution in [2.75, 3.05) is 25.9 Å². The van der Waals surface area contributed by atoms with E-state index in [2.05, 4.69) is 15.6 Å². The van der Waals surface area contributed by atoms with Gasteiger partial charge in [-0.25, -0.2) is 13.4 Å². The van der Waals surface area contributed by atoms with E-state index in [0.717, 1.165) is 50.4 Å². The Morgan fingerprint density at radius 3 is 2.47 bits per heavy atom. The highest BCUT2D eigenvalue weighted by molar-refractivity contribution is 7.90. The van der Waals surface area contributed by atoms with E-state index in [1.807, 2.05) is 11.8 Å². The maximum atomic E-state index is 12.8. The smallest absolute Gasteiger partial charge is 0.225 e. The first-order valence-corrected chi connectivity index (χ1v) is 12.9. The maximum absolute atomic E-state index is 12.8. The Bertz CT molecular complexity index is 846. The van der Waals surface area contributed by atoms with E-state index in [1.54, 1.807) is 24.3 Å². The lowest BCUT2D eigenvalue weighted by Crippen LogP contribution is -2.45. The Balaban J connectivity index is 1.55. The van der Waals surface area contributed by atoms with Crippen molar-refractivity contribution in [3.05, 3.63) is 29.8 Å². The van der Waals surface area contributed by atoms with Crippen LogP contribution in [0.3, 0.4) is 0 Å². The quantitative estimate of drug-likeness (QED) is 0.530. The van der Waals surface area contributed by atoms with E-state index in [9.17, 15) is 13.2 Å². The Hall–Kier alpha value is -2.09. The predicted octanol–water partition coefficient (Wildman–Crippen LogP) is 2.33. The summed E-state index contributed by atoms with van der Waals surface area (Å²) in [5, 5.41) is 6.72. The minimum absolute atomic E-state index is 0.197. The molecule has 1 aromatic rings. The molecule has 1 aromatic carbocycles. The summed E-state index contributed by atoms with van der Waals surface area (Å²) in [5.41, 5.74) is 0.945. The molecule has 1 aliphatic heterocycles. The zero-order valence-electron chi connectivity index (χ0n) is 18.1. The third-order valence-corrected chi connectivity index (χ3v) is 7.04. The minimum Gasteiger partial charge on any atom is -0.357 e. The Morgan fingerprint density at radius 2 is 1.83 bits per heavy atom. The molecule has 2 fully saturated rings. The fourth-order valence-corrected chi connectivity index (χ4v) is 4.84. The van der Waals surface area contributed by atoms with Crippen LogP contribution in [0.5, 0.6) is 0 Å². The Kier molecular flexibility index (Phi) is 7.75. The van der Waals surface area contributed by atoms with Crippen molar-refractivity contribution in [3.63, 3.8) is 0 Å². The molecule has 0 bridgehead atoms. The van der Waals surface area contributed by atoms with Crippen molar-refractivity contribution < 1.29 is 13.2 Å². The topological polar surface area (TPSA) is 90.9 Å². The number of nitrogens with zero attached hydrogens (tertiary/aromatic N) is 2. The second-order valence-electron chi connectivity index (χ2n) is 8.36. The summed E-state index contributed by atoms with van der Waals surface area (Å²) in [6.45, 7) is 4.75. The van der Waals surface area contributed by atoms with Crippen LogP contribution in [0.4, 0.5) is 0 Å². The van der Waals surface area contributed by atoms with Gasteiger partial charge in [0.15, 0.2) is 15.8 Å². The van der Waals surface area contributed by atoms with Gasteiger partial charge in [-0.3, -0.25) is 4.79 Å². The van der Waals surface area contributed by atoms with Gasteiger partial charge in [-0.15, -0.1) is 0 Å². The molecule has 1 saturated carbocycles. The van der Waals surface area contributed by atoms with E-state index in [1.165, 1.54) is 25.5 Å². The molecule has 8 heteroatoms. The summed E-state index contributed by atoms with van der Waals surface area (Å²) in [6.07, 6.45) is 7.81. The van der Waals surface area contributed by atoms with Crippen molar-refractivity contribution in [2.45, 2.75) is 62.9 Å². The predicted molar refractivity (Wildman–Crippen MR) is 119 cm³/mol. The lowest BCUT2D eigenvalue weighted by atomic mass is 9.88. The fourth-order valence-electron chi connectivity index (χ4n) is 4.21. The highest BCUT2D eigenvalue weighted by atomic mass is 32.2. The number of guanidine groups is 1. The monoisotopic (exact) mass is 434 g/mol. The number of rotatable bonds is 6. The second-order valence-corrected chi connectivity index (χ2v) is 10.4. The van der Waals surface area contributed by atoms with Gasteiger partial charge in [0.05, 0.1) is 11.4 Å². The number of aliphatic imine (C=N–C) groups is 1. The number of nitrogens with one attached hydrogen (secondary N) is 2. The van der Waals surface area contributed by atoms with Crippen LogP contribution in [0, 0.1) is 5.92 Å². The van der Waals surface area contributed by atoms with Crippen LogP contribution in [0.2, 0.25) is 0 Å². The van der Waals surface area contributed by atoms with Crippen molar-refractivity contribution in [3.8, 4) is 0 Å². The molecule has 30 heavy (non-hydrogen) atoms. The van der Waals surface area contributed by atoms with Gasteiger partial charge in [0.25, 0.3) is 0 Å². The zero-order valence-corrected chi connectivity index (χ0v) is 18.9. The van der Waals surface area contributed by atoms with E-state index >= 15 is 0 Å². The number of sulfone groups is 1. The molecular weight excluding hydrogens is 400 g/mol. The molecule has 1 unspecified atom stereocenters. The summed E-state index contributed by atoms with van der Waals surface area (Å²) in [6, 6.07) is 7.02.